The molecule has 5 nitrogen and oxygen atoms in total. The van der Waals surface area contributed by atoms with Crippen molar-refractivity contribution in [1.82, 2.24) is 0 Å². The summed E-state index contributed by atoms with van der Waals surface area (Å²) in [5.41, 5.74) is 2.45. The molecule has 0 spiro atoms. The maximum absolute atomic E-state index is 10.6. The van der Waals surface area contributed by atoms with Gasteiger partial charge in [0, 0.05) is 0 Å². The second kappa shape index (κ2) is 12.2. The van der Waals surface area contributed by atoms with Gasteiger partial charge in [0.2, 0.25) is 10.0 Å². The van der Waals surface area contributed by atoms with Gasteiger partial charge in [-0.15, -0.1) is 35.9 Å². The number of sulfonamides is 1. The summed E-state index contributed by atoms with van der Waals surface area (Å²) in [7, 11) is -3.52. The molecule has 0 atom stereocenters. The van der Waals surface area contributed by atoms with Gasteiger partial charge in [0.05, 0.1) is 0 Å². The van der Waals surface area contributed by atoms with Crippen LogP contribution in [0.1, 0.15) is 16.7 Å². The molecule has 0 saturated heterocycles. The number of phenolic OH excluding ortho intramolecular Hbond substituents is 1. The normalized spacial score (nSPS) is 10.6. The van der Waals surface area contributed by atoms with Crippen molar-refractivity contribution < 1.29 is 64.9 Å². The average Bonchev–Trinajstić information content (AvgIpc) is 2.68. The average molecular weight is 431 g/mol. The molecule has 0 fully saturated rings. The molecule has 7 heteroatoms. The summed E-state index contributed by atoms with van der Waals surface area (Å²) in [6.45, 7) is 2.01. The number of nitrogens with zero attached hydrogens (tertiary/aromatic N) is 1. The Labute approximate surface area is 214 Å². The summed E-state index contributed by atoms with van der Waals surface area (Å²) in [6.07, 6.45) is 4.43. The third-order valence-corrected chi connectivity index (χ3v) is 4.55. The van der Waals surface area contributed by atoms with E-state index in [2.05, 4.69) is 12.1 Å². The molecule has 0 heterocycles. The van der Waals surface area contributed by atoms with E-state index in [9.17, 15) is 18.9 Å². The zero-order valence-corrected chi connectivity index (χ0v) is 20.1. The molecule has 29 heavy (non-hydrogen) atoms. The molecule has 0 unspecified atom stereocenters. The van der Waals surface area contributed by atoms with Gasteiger partial charge in [-0.2, -0.15) is 36.4 Å². The topological polar surface area (TPSA) is 103 Å². The van der Waals surface area contributed by atoms with Gasteiger partial charge in [-0.05, 0) is 23.4 Å². The van der Waals surface area contributed by atoms with E-state index in [0.717, 1.165) is 5.56 Å². The molecule has 0 radical (unpaired) electrons. The van der Waals surface area contributed by atoms with Crippen molar-refractivity contribution in [2.45, 2.75) is 11.8 Å². The number of aromatic hydroxyl groups is 1. The molecule has 0 aromatic heterocycles. The first-order valence-electron chi connectivity index (χ1n) is 8.27. The molecule has 0 aliphatic carbocycles. The van der Waals surface area contributed by atoms with Gasteiger partial charge < -0.3 is 10.5 Å². The minimum Gasteiger partial charge on any atom is -0.855 e. The van der Waals surface area contributed by atoms with Crippen LogP contribution in [0, 0.1) is 19.1 Å². The third-order valence-electron chi connectivity index (χ3n) is 3.62. The number of benzene rings is 3. The van der Waals surface area contributed by atoms with Crippen LogP contribution < -0.4 is 56.5 Å². The Balaban J connectivity index is 0.000000327. The summed E-state index contributed by atoms with van der Waals surface area (Å²) < 4.78 is 21.2. The predicted octanol–water partition coefficient (Wildman–Crippen LogP) is 0.605. The van der Waals surface area contributed by atoms with E-state index in [1.54, 1.807) is 18.2 Å². The van der Waals surface area contributed by atoms with Crippen LogP contribution in [0.2, 0.25) is 0 Å². The molecule has 3 aromatic rings. The maximum atomic E-state index is 10.6. The number of rotatable bonds is 4. The second-order valence-electron chi connectivity index (χ2n) is 5.84. The Morgan fingerprint density at radius 2 is 1.66 bits per heavy atom. The van der Waals surface area contributed by atoms with E-state index < -0.39 is 10.0 Å². The molecule has 3 rings (SSSR count). The first-order valence-corrected chi connectivity index (χ1v) is 9.81. The first-order chi connectivity index (χ1) is 13.3. The van der Waals surface area contributed by atoms with E-state index in [-0.39, 0.29) is 67.7 Å². The number of primary sulfonamides is 1. The van der Waals surface area contributed by atoms with Crippen LogP contribution in [0.5, 0.6) is 5.75 Å². The Hall–Kier alpha value is -1.58. The van der Waals surface area contributed by atoms with Crippen LogP contribution in [0.3, 0.4) is 0 Å². The Morgan fingerprint density at radius 1 is 1.07 bits per heavy atom. The molecular formula is C22H19KN2O3S-2. The summed E-state index contributed by atoms with van der Waals surface area (Å²) in [6, 6.07) is 22.9. The van der Waals surface area contributed by atoms with Gasteiger partial charge in [0.25, 0.3) is 0 Å². The van der Waals surface area contributed by atoms with Crippen LogP contribution in [0.15, 0.2) is 83.8 Å². The molecule has 0 aliphatic rings. The fraction of sp³-hybridized carbons (Fsp3) is 0.0455. The molecule has 0 aliphatic heterocycles. The van der Waals surface area contributed by atoms with Gasteiger partial charge >= 0.3 is 51.4 Å². The number of aryl methyl sites for hydroxylation is 1. The fourth-order valence-electron chi connectivity index (χ4n) is 2.13. The van der Waals surface area contributed by atoms with Crippen LogP contribution in [0.25, 0.3) is 5.41 Å². The first kappa shape index (κ1) is 25.5. The van der Waals surface area contributed by atoms with Gasteiger partial charge in [-0.1, -0.05) is 23.8 Å². The standard InChI is InChI=1S/C16H13NO.C6H6NO2S.K/c1-12-6-8-13(9-7-12)10-11-15(17)14-4-2-3-5-16(14)18;7-10(8,9)6-4-2-1-3-5-6;/h2-9,11,18H,1H3;2-5H,(H2,7,8,9);/q-2;-1;+1. The SMILES string of the molecule is Cc1ccc([C-]=CC(=[N-])c2ccccc2O)cc1.NS(=O)(=O)c1cc[c-]cc1.[K+]. The largest absolute Gasteiger partial charge is 1.00 e. The minimum absolute atomic E-state index is 0. The van der Waals surface area contributed by atoms with Crippen molar-refractivity contribution >= 4 is 15.7 Å². The molecule has 0 saturated carbocycles. The minimum atomic E-state index is -3.52. The number of hydrogen-bond acceptors (Lipinski definition) is 3. The number of nitrogens with two attached hydrogens (primary N) is 1. The molecule has 144 valence electrons. The number of phenols is 1. The Kier molecular flexibility index (Phi) is 10.7. The predicted molar refractivity (Wildman–Crippen MR) is 110 cm³/mol. The smallest absolute Gasteiger partial charge is 0.855 e. The fourth-order valence-corrected chi connectivity index (χ4v) is 2.65. The molecule has 0 amide bonds. The number of allylic oxidation sites excluding steroid dienone is 1. The van der Waals surface area contributed by atoms with Crippen LogP contribution in [-0.4, -0.2) is 19.2 Å². The van der Waals surface area contributed by atoms with Crippen LogP contribution in [0.4, 0.5) is 0 Å². The van der Waals surface area contributed by atoms with Crippen molar-refractivity contribution in [2.24, 2.45) is 5.14 Å². The monoisotopic (exact) mass is 430 g/mol. The van der Waals surface area contributed by atoms with Crippen LogP contribution >= 0.6 is 0 Å². The molecule has 3 N–H and O–H groups in total. The Bertz CT molecular complexity index is 1060. The van der Waals surface area contributed by atoms with Gasteiger partial charge in [-0.25, -0.2) is 19.3 Å². The third kappa shape index (κ3) is 8.75. The van der Waals surface area contributed by atoms with E-state index in [1.165, 1.54) is 42.0 Å². The van der Waals surface area contributed by atoms with Crippen molar-refractivity contribution in [2.75, 3.05) is 0 Å². The Morgan fingerprint density at radius 3 is 2.17 bits per heavy atom. The van der Waals surface area contributed by atoms with Crippen LogP contribution in [-0.2, 0) is 10.0 Å². The zero-order valence-electron chi connectivity index (χ0n) is 16.2. The summed E-state index contributed by atoms with van der Waals surface area (Å²) >= 11 is 0. The van der Waals surface area contributed by atoms with E-state index >= 15 is 0 Å². The van der Waals surface area contributed by atoms with Crippen molar-refractivity contribution in [3.63, 3.8) is 0 Å². The zero-order chi connectivity index (χ0) is 20.6. The molecular weight excluding hydrogens is 411 g/mol. The van der Waals surface area contributed by atoms with Crippen molar-refractivity contribution in [3.05, 3.63) is 113 Å². The van der Waals surface area contributed by atoms with Crippen molar-refractivity contribution in [1.29, 1.82) is 0 Å². The number of hydrogen-bond donors (Lipinski definition) is 2. The van der Waals surface area contributed by atoms with E-state index in [1.807, 2.05) is 31.2 Å². The summed E-state index contributed by atoms with van der Waals surface area (Å²) in [5.74, 6) is 0.0527. The summed E-state index contributed by atoms with van der Waals surface area (Å²) in [5, 5.41) is 24.3. The molecule has 0 bridgehead atoms. The summed E-state index contributed by atoms with van der Waals surface area (Å²) in [4.78, 5) is 0.117. The van der Waals surface area contributed by atoms with Gasteiger partial charge in [0.1, 0.15) is 5.75 Å². The number of para-hydroxylation sites is 1. The van der Waals surface area contributed by atoms with Crippen molar-refractivity contribution in [3.8, 4) is 5.75 Å². The van der Waals surface area contributed by atoms with E-state index in [4.69, 9.17) is 5.14 Å². The molecule has 3 aromatic carbocycles. The maximum Gasteiger partial charge on any atom is 1.00 e. The van der Waals surface area contributed by atoms with Gasteiger partial charge in [-0.3, -0.25) is 0 Å². The second-order valence-corrected chi connectivity index (χ2v) is 7.40. The van der Waals surface area contributed by atoms with Gasteiger partial charge in [0.15, 0.2) is 0 Å². The quantitative estimate of drug-likeness (QED) is 0.360. The van der Waals surface area contributed by atoms with E-state index in [0.29, 0.717) is 5.56 Å².